The summed E-state index contributed by atoms with van der Waals surface area (Å²) in [6.45, 7) is 14.2. The highest BCUT2D eigenvalue weighted by Crippen LogP contribution is 2.41. The van der Waals surface area contributed by atoms with E-state index in [0.717, 1.165) is 11.1 Å². The van der Waals surface area contributed by atoms with Crippen molar-refractivity contribution >= 4 is 5.97 Å². The van der Waals surface area contributed by atoms with E-state index in [1.54, 1.807) is 0 Å². The second kappa shape index (κ2) is 5.70. The van der Waals surface area contributed by atoms with Gasteiger partial charge in [0.05, 0.1) is 5.92 Å². The van der Waals surface area contributed by atoms with Gasteiger partial charge in [0.1, 0.15) is 5.75 Å². The molecule has 0 aromatic heterocycles. The van der Waals surface area contributed by atoms with Gasteiger partial charge in [0.2, 0.25) is 0 Å². The molecule has 118 valence electrons. The number of benzene rings is 1. The van der Waals surface area contributed by atoms with E-state index < -0.39 is 11.9 Å². The standard InChI is InChI=1S/C18H28O3/c1-8-12(16(20)21)13-9-11(17(2,3)4)10-14(15(13)19)18(5,6)7/h9-10,12,19H,8H2,1-7H3,(H,20,21). The summed E-state index contributed by atoms with van der Waals surface area (Å²) in [5.41, 5.74) is 2.06. The number of carboxylic acid groups (broad SMARTS) is 1. The van der Waals surface area contributed by atoms with Crippen molar-refractivity contribution in [2.45, 2.75) is 71.6 Å². The lowest BCUT2D eigenvalue weighted by atomic mass is 9.77. The first-order valence-corrected chi connectivity index (χ1v) is 7.50. The van der Waals surface area contributed by atoms with Gasteiger partial charge in [-0.2, -0.15) is 0 Å². The minimum Gasteiger partial charge on any atom is -0.507 e. The molecule has 1 rings (SSSR count). The first-order valence-electron chi connectivity index (χ1n) is 7.50. The van der Waals surface area contributed by atoms with Crippen LogP contribution < -0.4 is 0 Å². The number of hydrogen-bond donors (Lipinski definition) is 2. The maximum Gasteiger partial charge on any atom is 0.311 e. The molecule has 3 heteroatoms. The summed E-state index contributed by atoms with van der Waals surface area (Å²) in [6.07, 6.45) is 0.458. The van der Waals surface area contributed by atoms with Gasteiger partial charge in [0, 0.05) is 5.56 Å². The average molecular weight is 292 g/mol. The van der Waals surface area contributed by atoms with E-state index >= 15 is 0 Å². The van der Waals surface area contributed by atoms with Gasteiger partial charge in [-0.3, -0.25) is 4.79 Å². The Morgan fingerprint density at radius 3 is 1.95 bits per heavy atom. The van der Waals surface area contributed by atoms with Crippen molar-refractivity contribution < 1.29 is 15.0 Å². The summed E-state index contributed by atoms with van der Waals surface area (Å²) in [7, 11) is 0. The predicted molar refractivity (Wildman–Crippen MR) is 86.2 cm³/mol. The number of aromatic hydroxyl groups is 1. The zero-order valence-electron chi connectivity index (χ0n) is 14.2. The first-order chi connectivity index (χ1) is 9.39. The Kier molecular flexibility index (Phi) is 4.76. The van der Waals surface area contributed by atoms with Crippen LogP contribution in [0.5, 0.6) is 5.75 Å². The van der Waals surface area contributed by atoms with Crippen LogP contribution in [-0.2, 0) is 15.6 Å². The van der Waals surface area contributed by atoms with Crippen molar-refractivity contribution in [3.63, 3.8) is 0 Å². The van der Waals surface area contributed by atoms with Crippen LogP contribution in [0, 0.1) is 0 Å². The highest BCUT2D eigenvalue weighted by Gasteiger charge is 2.29. The lowest BCUT2D eigenvalue weighted by Gasteiger charge is -2.28. The van der Waals surface area contributed by atoms with Gasteiger partial charge in [-0.25, -0.2) is 0 Å². The molecular weight excluding hydrogens is 264 g/mol. The monoisotopic (exact) mass is 292 g/mol. The van der Waals surface area contributed by atoms with Crippen LogP contribution in [0.3, 0.4) is 0 Å². The molecule has 3 nitrogen and oxygen atoms in total. The number of rotatable bonds is 3. The van der Waals surface area contributed by atoms with Crippen LogP contribution >= 0.6 is 0 Å². The Morgan fingerprint density at radius 2 is 1.62 bits per heavy atom. The maximum atomic E-state index is 11.5. The Bertz CT molecular complexity index is 531. The third-order valence-corrected chi connectivity index (χ3v) is 3.90. The van der Waals surface area contributed by atoms with Gasteiger partial charge in [-0.05, 0) is 28.4 Å². The van der Waals surface area contributed by atoms with Gasteiger partial charge < -0.3 is 10.2 Å². The van der Waals surface area contributed by atoms with Crippen LogP contribution in [-0.4, -0.2) is 16.2 Å². The zero-order valence-corrected chi connectivity index (χ0v) is 14.2. The predicted octanol–water partition coefficient (Wildman–Crippen LogP) is 4.57. The quantitative estimate of drug-likeness (QED) is 0.858. The molecule has 0 bridgehead atoms. The minimum atomic E-state index is -0.890. The van der Waals surface area contributed by atoms with E-state index in [0.29, 0.717) is 12.0 Å². The topological polar surface area (TPSA) is 57.5 Å². The number of carboxylic acids is 1. The Balaban J connectivity index is 3.67. The Morgan fingerprint density at radius 1 is 1.10 bits per heavy atom. The average Bonchev–Trinajstić information content (AvgIpc) is 2.28. The van der Waals surface area contributed by atoms with Gasteiger partial charge in [-0.1, -0.05) is 60.6 Å². The highest BCUT2D eigenvalue weighted by molar-refractivity contribution is 5.77. The molecule has 0 aliphatic carbocycles. The van der Waals surface area contributed by atoms with E-state index in [1.807, 2.05) is 39.8 Å². The van der Waals surface area contributed by atoms with Crippen molar-refractivity contribution in [1.82, 2.24) is 0 Å². The maximum absolute atomic E-state index is 11.5. The van der Waals surface area contributed by atoms with Crippen molar-refractivity contribution in [2.75, 3.05) is 0 Å². The highest BCUT2D eigenvalue weighted by atomic mass is 16.4. The molecule has 0 heterocycles. The van der Waals surface area contributed by atoms with E-state index in [2.05, 4.69) is 20.8 Å². The summed E-state index contributed by atoms with van der Waals surface area (Å²) in [4.78, 5) is 11.5. The summed E-state index contributed by atoms with van der Waals surface area (Å²) >= 11 is 0. The minimum absolute atomic E-state index is 0.0980. The Labute approximate surface area is 128 Å². The number of phenols is 1. The fourth-order valence-electron chi connectivity index (χ4n) is 2.45. The van der Waals surface area contributed by atoms with Crippen molar-refractivity contribution in [1.29, 1.82) is 0 Å². The molecule has 0 fully saturated rings. The van der Waals surface area contributed by atoms with Crippen LogP contribution in [0.25, 0.3) is 0 Å². The van der Waals surface area contributed by atoms with E-state index in [4.69, 9.17) is 0 Å². The molecule has 0 saturated carbocycles. The molecule has 1 atom stereocenters. The normalized spacial score (nSPS) is 14.0. The summed E-state index contributed by atoms with van der Waals surface area (Å²) in [6, 6.07) is 3.86. The lowest BCUT2D eigenvalue weighted by molar-refractivity contribution is -0.138. The second-order valence-corrected chi connectivity index (χ2v) is 7.76. The fourth-order valence-corrected chi connectivity index (χ4v) is 2.45. The molecular formula is C18H28O3. The lowest BCUT2D eigenvalue weighted by Crippen LogP contribution is -2.20. The SMILES string of the molecule is CCC(C(=O)O)c1cc(C(C)(C)C)cc(C(C)(C)C)c1O. The van der Waals surface area contributed by atoms with Crippen LogP contribution in [0.2, 0.25) is 0 Å². The van der Waals surface area contributed by atoms with Crippen LogP contribution in [0.4, 0.5) is 0 Å². The molecule has 0 radical (unpaired) electrons. The number of carbonyl (C=O) groups is 1. The largest absolute Gasteiger partial charge is 0.507 e. The summed E-state index contributed by atoms with van der Waals surface area (Å²) < 4.78 is 0. The zero-order chi connectivity index (χ0) is 16.6. The molecule has 21 heavy (non-hydrogen) atoms. The van der Waals surface area contributed by atoms with E-state index in [-0.39, 0.29) is 16.6 Å². The third kappa shape index (κ3) is 3.78. The molecule has 1 unspecified atom stereocenters. The Hall–Kier alpha value is -1.51. The fraction of sp³-hybridized carbons (Fsp3) is 0.611. The van der Waals surface area contributed by atoms with Gasteiger partial charge in [0.25, 0.3) is 0 Å². The van der Waals surface area contributed by atoms with Crippen molar-refractivity contribution in [3.8, 4) is 5.75 Å². The van der Waals surface area contributed by atoms with Crippen LogP contribution in [0.1, 0.15) is 77.5 Å². The molecule has 2 N–H and O–H groups in total. The molecule has 1 aromatic rings. The number of aliphatic carboxylic acids is 1. The van der Waals surface area contributed by atoms with E-state index in [9.17, 15) is 15.0 Å². The van der Waals surface area contributed by atoms with Crippen molar-refractivity contribution in [2.24, 2.45) is 0 Å². The van der Waals surface area contributed by atoms with Crippen LogP contribution in [0.15, 0.2) is 12.1 Å². The smallest absolute Gasteiger partial charge is 0.311 e. The molecule has 0 amide bonds. The van der Waals surface area contributed by atoms with Gasteiger partial charge in [0.15, 0.2) is 0 Å². The van der Waals surface area contributed by atoms with E-state index in [1.165, 1.54) is 0 Å². The second-order valence-electron chi connectivity index (χ2n) is 7.76. The molecule has 0 aliphatic rings. The first kappa shape index (κ1) is 17.5. The number of phenolic OH excluding ortho intramolecular Hbond substituents is 1. The van der Waals surface area contributed by atoms with Gasteiger partial charge >= 0.3 is 5.97 Å². The molecule has 0 spiro atoms. The molecule has 0 aliphatic heterocycles. The summed E-state index contributed by atoms with van der Waals surface area (Å²) in [5, 5.41) is 20.0. The van der Waals surface area contributed by atoms with Gasteiger partial charge in [-0.15, -0.1) is 0 Å². The molecule has 0 saturated heterocycles. The molecule has 1 aromatic carbocycles. The third-order valence-electron chi connectivity index (χ3n) is 3.90. The van der Waals surface area contributed by atoms with Crippen molar-refractivity contribution in [3.05, 3.63) is 28.8 Å². The summed E-state index contributed by atoms with van der Waals surface area (Å²) in [5.74, 6) is -1.43. The number of hydrogen-bond acceptors (Lipinski definition) is 2.